The number of urea groups is 1. The van der Waals surface area contributed by atoms with Crippen LogP contribution in [-0.2, 0) is 4.79 Å². The zero-order valence-electron chi connectivity index (χ0n) is 12.0. The quantitative estimate of drug-likeness (QED) is 0.597. The van der Waals surface area contributed by atoms with E-state index in [0.29, 0.717) is 5.75 Å². The third kappa shape index (κ3) is 5.31. The molecule has 1 rings (SSSR count). The fourth-order valence-corrected chi connectivity index (χ4v) is 1.76. The average Bonchev–Trinajstić information content (AvgIpc) is 2.46. The average molecular weight is 296 g/mol. The second-order valence-corrected chi connectivity index (χ2v) is 4.52. The smallest absolute Gasteiger partial charge is 0.326 e. The Kier molecular flexibility index (Phi) is 6.48. The number of hydrogen-bond donors (Lipinski definition) is 4. The van der Waals surface area contributed by atoms with Crippen molar-refractivity contribution in [3.05, 3.63) is 29.8 Å². The fraction of sp³-hybridized carbons (Fsp3) is 0.429. The van der Waals surface area contributed by atoms with Crippen LogP contribution in [0.3, 0.4) is 0 Å². The van der Waals surface area contributed by atoms with E-state index in [2.05, 4.69) is 10.6 Å². The van der Waals surface area contributed by atoms with Gasteiger partial charge in [-0.3, -0.25) is 0 Å². The Bertz CT molecular complexity index is 475. The van der Waals surface area contributed by atoms with Gasteiger partial charge in [0.05, 0.1) is 13.2 Å². The highest BCUT2D eigenvalue weighted by Crippen LogP contribution is 2.17. The number of nitrogens with one attached hydrogen (secondary N) is 2. The van der Waals surface area contributed by atoms with E-state index in [4.69, 9.17) is 14.9 Å². The minimum absolute atomic E-state index is 0.0420. The van der Waals surface area contributed by atoms with Crippen molar-refractivity contribution in [1.82, 2.24) is 10.6 Å². The molecule has 0 saturated carbocycles. The summed E-state index contributed by atoms with van der Waals surface area (Å²) in [6.45, 7) is 1.47. The first-order chi connectivity index (χ1) is 9.97. The van der Waals surface area contributed by atoms with E-state index in [1.54, 1.807) is 26.2 Å². The van der Waals surface area contributed by atoms with Crippen molar-refractivity contribution in [3.8, 4) is 5.75 Å². The Morgan fingerprint density at radius 3 is 2.33 bits per heavy atom. The van der Waals surface area contributed by atoms with Crippen LogP contribution in [0.25, 0.3) is 0 Å². The summed E-state index contributed by atoms with van der Waals surface area (Å²) in [6, 6.07) is 5.17. The van der Waals surface area contributed by atoms with E-state index in [-0.39, 0.29) is 19.1 Å². The zero-order chi connectivity index (χ0) is 15.8. The van der Waals surface area contributed by atoms with E-state index in [1.807, 2.05) is 12.1 Å². The van der Waals surface area contributed by atoms with Gasteiger partial charge in [-0.15, -0.1) is 0 Å². The number of carbonyl (C=O) groups is 2. The van der Waals surface area contributed by atoms with E-state index in [9.17, 15) is 9.59 Å². The zero-order valence-corrected chi connectivity index (χ0v) is 12.0. The number of carboxylic acids is 1. The number of carboxylic acid groups (broad SMARTS) is 1. The number of carbonyl (C=O) groups excluding carboxylic acids is 1. The number of hydrogen-bond acceptors (Lipinski definition) is 4. The minimum atomic E-state index is -1.18. The number of aliphatic hydroxyl groups is 1. The molecule has 0 saturated heterocycles. The van der Waals surface area contributed by atoms with Crippen LogP contribution < -0.4 is 15.4 Å². The normalized spacial score (nSPS) is 13.1. The lowest BCUT2D eigenvalue weighted by atomic mass is 10.1. The summed E-state index contributed by atoms with van der Waals surface area (Å²) >= 11 is 0. The van der Waals surface area contributed by atoms with Gasteiger partial charge in [-0.05, 0) is 24.6 Å². The minimum Gasteiger partial charge on any atom is -0.497 e. The topological polar surface area (TPSA) is 108 Å². The Morgan fingerprint density at radius 1 is 1.24 bits per heavy atom. The van der Waals surface area contributed by atoms with Crippen molar-refractivity contribution < 1.29 is 24.5 Å². The molecule has 4 N–H and O–H groups in total. The van der Waals surface area contributed by atoms with Crippen molar-refractivity contribution >= 4 is 12.0 Å². The Hall–Kier alpha value is -2.28. The van der Waals surface area contributed by atoms with Crippen LogP contribution in [0.15, 0.2) is 24.3 Å². The molecule has 0 heterocycles. The first-order valence-electron chi connectivity index (χ1n) is 6.52. The maximum atomic E-state index is 11.7. The van der Waals surface area contributed by atoms with Gasteiger partial charge in [0.2, 0.25) is 0 Å². The van der Waals surface area contributed by atoms with E-state index >= 15 is 0 Å². The summed E-state index contributed by atoms with van der Waals surface area (Å²) in [4.78, 5) is 22.6. The number of amides is 2. The SMILES string of the molecule is COc1ccc(C(C)NC(=O)NC(CCO)C(=O)O)cc1. The molecule has 0 aliphatic heterocycles. The Labute approximate surface area is 122 Å². The van der Waals surface area contributed by atoms with Crippen molar-refractivity contribution in [3.63, 3.8) is 0 Å². The van der Waals surface area contributed by atoms with Gasteiger partial charge in [0.1, 0.15) is 11.8 Å². The number of rotatable bonds is 7. The molecule has 116 valence electrons. The molecular weight excluding hydrogens is 276 g/mol. The molecule has 21 heavy (non-hydrogen) atoms. The summed E-state index contributed by atoms with van der Waals surface area (Å²) in [5.41, 5.74) is 0.861. The standard InChI is InChI=1S/C14H20N2O5/c1-9(10-3-5-11(21-2)6-4-10)15-14(20)16-12(7-8-17)13(18)19/h3-6,9,12,17H,7-8H2,1-2H3,(H,18,19)(H2,15,16,20). The summed E-state index contributed by atoms with van der Waals surface area (Å²) in [7, 11) is 1.57. The molecule has 0 radical (unpaired) electrons. The molecule has 1 aromatic carbocycles. The van der Waals surface area contributed by atoms with E-state index in [1.165, 1.54) is 0 Å². The van der Waals surface area contributed by atoms with Crippen molar-refractivity contribution in [1.29, 1.82) is 0 Å². The van der Waals surface area contributed by atoms with Crippen molar-refractivity contribution in [2.24, 2.45) is 0 Å². The van der Waals surface area contributed by atoms with Crippen LogP contribution in [0.2, 0.25) is 0 Å². The summed E-state index contributed by atoms with van der Waals surface area (Å²) in [5.74, 6) is -0.472. The molecule has 2 amide bonds. The third-order valence-electron chi connectivity index (χ3n) is 2.98. The third-order valence-corrected chi connectivity index (χ3v) is 2.98. The summed E-state index contributed by atoms with van der Waals surface area (Å²) in [6.07, 6.45) is -0.0420. The maximum Gasteiger partial charge on any atom is 0.326 e. The highest BCUT2D eigenvalue weighted by Gasteiger charge is 2.20. The molecule has 7 heteroatoms. The van der Waals surface area contributed by atoms with Crippen LogP contribution in [-0.4, -0.2) is 42.0 Å². The largest absolute Gasteiger partial charge is 0.497 e. The monoisotopic (exact) mass is 296 g/mol. The van der Waals surface area contributed by atoms with Gasteiger partial charge in [-0.1, -0.05) is 12.1 Å². The molecule has 2 unspecified atom stereocenters. The van der Waals surface area contributed by atoms with Gasteiger partial charge < -0.3 is 25.6 Å². The lowest BCUT2D eigenvalue weighted by Gasteiger charge is -2.18. The van der Waals surface area contributed by atoms with Crippen LogP contribution in [0.1, 0.15) is 24.9 Å². The van der Waals surface area contributed by atoms with Crippen molar-refractivity contribution in [2.75, 3.05) is 13.7 Å². The second kappa shape index (κ2) is 8.11. The lowest BCUT2D eigenvalue weighted by molar-refractivity contribution is -0.139. The molecule has 0 spiro atoms. The number of benzene rings is 1. The van der Waals surface area contributed by atoms with Gasteiger partial charge >= 0.3 is 12.0 Å². The molecular formula is C14H20N2O5. The van der Waals surface area contributed by atoms with Gasteiger partial charge in [0.15, 0.2) is 0 Å². The molecule has 0 aliphatic carbocycles. The van der Waals surface area contributed by atoms with E-state index in [0.717, 1.165) is 5.56 Å². The predicted octanol–water partition coefficient (Wildman–Crippen LogP) is 0.891. The molecule has 0 aromatic heterocycles. The first-order valence-corrected chi connectivity index (χ1v) is 6.52. The molecule has 7 nitrogen and oxygen atoms in total. The number of ether oxygens (including phenoxy) is 1. The lowest BCUT2D eigenvalue weighted by Crippen LogP contribution is -2.47. The molecule has 0 fully saturated rings. The summed E-state index contributed by atoms with van der Waals surface area (Å²) < 4.78 is 5.05. The molecule has 0 aliphatic rings. The van der Waals surface area contributed by atoms with Gasteiger partial charge in [0.25, 0.3) is 0 Å². The predicted molar refractivity (Wildman–Crippen MR) is 76.2 cm³/mol. The van der Waals surface area contributed by atoms with Gasteiger partial charge in [-0.2, -0.15) is 0 Å². The molecule has 1 aromatic rings. The second-order valence-electron chi connectivity index (χ2n) is 4.52. The molecule has 2 atom stereocenters. The van der Waals surface area contributed by atoms with Crippen LogP contribution in [0.4, 0.5) is 4.79 Å². The van der Waals surface area contributed by atoms with Crippen LogP contribution in [0.5, 0.6) is 5.75 Å². The molecule has 0 bridgehead atoms. The Balaban J connectivity index is 2.58. The van der Waals surface area contributed by atoms with Gasteiger partial charge in [0, 0.05) is 13.0 Å². The van der Waals surface area contributed by atoms with E-state index < -0.39 is 18.0 Å². The highest BCUT2D eigenvalue weighted by atomic mass is 16.5. The first kappa shape index (κ1) is 16.8. The highest BCUT2D eigenvalue weighted by molar-refractivity contribution is 5.82. The summed E-state index contributed by atoms with van der Waals surface area (Å²) in [5, 5.41) is 22.6. The fourth-order valence-electron chi connectivity index (χ4n) is 1.76. The maximum absolute atomic E-state index is 11.7. The van der Waals surface area contributed by atoms with Gasteiger partial charge in [-0.25, -0.2) is 9.59 Å². The number of methoxy groups -OCH3 is 1. The Morgan fingerprint density at radius 2 is 1.86 bits per heavy atom. The number of aliphatic hydroxyl groups excluding tert-OH is 1. The van der Waals surface area contributed by atoms with Crippen molar-refractivity contribution in [2.45, 2.75) is 25.4 Å². The van der Waals surface area contributed by atoms with Crippen LogP contribution >= 0.6 is 0 Å². The number of aliphatic carboxylic acids is 1. The van der Waals surface area contributed by atoms with Crippen LogP contribution in [0, 0.1) is 0 Å².